The van der Waals surface area contributed by atoms with Gasteiger partial charge in [0.1, 0.15) is 0 Å². The van der Waals surface area contributed by atoms with Crippen LogP contribution < -0.4 is 5.32 Å². The summed E-state index contributed by atoms with van der Waals surface area (Å²) in [5, 5.41) is 5.37. The molecule has 2 aromatic carbocycles. The van der Waals surface area contributed by atoms with Gasteiger partial charge in [-0.2, -0.15) is 0 Å². The summed E-state index contributed by atoms with van der Waals surface area (Å²) in [5.74, 6) is 0. The second-order valence-corrected chi connectivity index (χ2v) is 4.55. The molecule has 1 heteroatoms. The number of unbranched alkanes of at least 4 members (excludes halogenated alkanes) is 3. The van der Waals surface area contributed by atoms with Gasteiger partial charge in [0.05, 0.1) is 0 Å². The van der Waals surface area contributed by atoms with Crippen LogP contribution in [0.5, 0.6) is 0 Å². The lowest BCUT2D eigenvalue weighted by Crippen LogP contribution is -1.89. The molecule has 0 aromatic heterocycles. The van der Waals surface area contributed by atoms with E-state index in [0.29, 0.717) is 0 Å². The minimum atomic E-state index is 1.31. The molecule has 0 aliphatic heterocycles. The van der Waals surface area contributed by atoms with E-state index in [9.17, 15) is 0 Å². The van der Waals surface area contributed by atoms with Crippen molar-refractivity contribution in [3.63, 3.8) is 0 Å². The monoisotopic (exact) mass is 259 g/mol. The van der Waals surface area contributed by atoms with Gasteiger partial charge in [0.15, 0.2) is 0 Å². The highest BCUT2D eigenvalue weighted by Gasteiger charge is 1.85. The Morgan fingerprint density at radius 1 is 0.684 bits per heavy atom. The van der Waals surface area contributed by atoms with Crippen LogP contribution in [0, 0.1) is 0 Å². The van der Waals surface area contributed by atoms with Gasteiger partial charge in [-0.25, -0.2) is 0 Å². The van der Waals surface area contributed by atoms with Gasteiger partial charge in [0, 0.05) is 0 Å². The molecule has 0 radical (unpaired) electrons. The van der Waals surface area contributed by atoms with Crippen LogP contribution in [0.25, 0.3) is 10.8 Å². The average molecular weight is 259 g/mol. The van der Waals surface area contributed by atoms with Crippen molar-refractivity contribution in [3.05, 3.63) is 48.5 Å². The zero-order valence-corrected chi connectivity index (χ0v) is 12.9. The van der Waals surface area contributed by atoms with Crippen LogP contribution in [-0.4, -0.2) is 14.1 Å². The standard InChI is InChI=1S/C10H8.C6H14.C2H7N/c1-2-6-10-8-4-3-7-9(10)5-1;1-3-5-6-4-2;1-3-2/h1-8H;3-6H2,1-2H3;3H,1-2H3. The Hall–Kier alpha value is -1.34. The largest absolute Gasteiger partial charge is 0.323 e. The molecule has 0 atom stereocenters. The molecule has 0 heterocycles. The fourth-order valence-electron chi connectivity index (χ4n) is 1.63. The first-order valence-electron chi connectivity index (χ1n) is 7.32. The van der Waals surface area contributed by atoms with Crippen molar-refractivity contribution < 1.29 is 0 Å². The van der Waals surface area contributed by atoms with E-state index in [2.05, 4.69) is 67.7 Å². The van der Waals surface area contributed by atoms with Crippen molar-refractivity contribution in [2.24, 2.45) is 0 Å². The Bertz CT molecular complexity index is 340. The first kappa shape index (κ1) is 17.7. The van der Waals surface area contributed by atoms with Crippen molar-refractivity contribution in [2.75, 3.05) is 14.1 Å². The Labute approximate surface area is 119 Å². The zero-order chi connectivity index (χ0) is 14.3. The number of nitrogens with one attached hydrogen (secondary N) is 1. The third-order valence-electron chi connectivity index (χ3n) is 2.62. The predicted octanol–water partition coefficient (Wildman–Crippen LogP) is 5.26. The second kappa shape index (κ2) is 13.1. The molecular weight excluding hydrogens is 230 g/mol. The maximum Gasteiger partial charge on any atom is -0.0167 e. The lowest BCUT2D eigenvalue weighted by molar-refractivity contribution is 0.702. The van der Waals surface area contributed by atoms with E-state index in [1.54, 1.807) is 0 Å². The molecule has 0 amide bonds. The van der Waals surface area contributed by atoms with E-state index in [4.69, 9.17) is 0 Å². The second-order valence-electron chi connectivity index (χ2n) is 4.55. The van der Waals surface area contributed by atoms with Gasteiger partial charge in [0.25, 0.3) is 0 Å². The zero-order valence-electron chi connectivity index (χ0n) is 12.9. The molecule has 0 spiro atoms. The predicted molar refractivity (Wildman–Crippen MR) is 88.7 cm³/mol. The molecule has 1 nitrogen and oxygen atoms in total. The van der Waals surface area contributed by atoms with Gasteiger partial charge in [-0.15, -0.1) is 0 Å². The molecule has 2 aromatic rings. The first-order valence-corrected chi connectivity index (χ1v) is 7.32. The molecule has 1 N–H and O–H groups in total. The molecule has 0 aliphatic rings. The van der Waals surface area contributed by atoms with Crippen LogP contribution in [0.15, 0.2) is 48.5 Å². The minimum absolute atomic E-state index is 1.31. The van der Waals surface area contributed by atoms with Crippen molar-refractivity contribution in [1.29, 1.82) is 0 Å². The van der Waals surface area contributed by atoms with Crippen LogP contribution >= 0.6 is 0 Å². The molecule has 0 fully saturated rings. The van der Waals surface area contributed by atoms with Crippen LogP contribution in [-0.2, 0) is 0 Å². The Balaban J connectivity index is 0.000000312. The Morgan fingerprint density at radius 2 is 0.947 bits per heavy atom. The van der Waals surface area contributed by atoms with E-state index >= 15 is 0 Å². The van der Waals surface area contributed by atoms with Crippen molar-refractivity contribution >= 4 is 10.8 Å². The quantitative estimate of drug-likeness (QED) is 0.741. The summed E-state index contributed by atoms with van der Waals surface area (Å²) in [5.41, 5.74) is 0. The summed E-state index contributed by atoms with van der Waals surface area (Å²) in [6.07, 6.45) is 5.54. The average Bonchev–Trinajstić information content (AvgIpc) is 2.47. The van der Waals surface area contributed by atoms with Crippen molar-refractivity contribution in [1.82, 2.24) is 5.32 Å². The molecule has 2 rings (SSSR count). The van der Waals surface area contributed by atoms with E-state index in [-0.39, 0.29) is 0 Å². The number of hydrogen-bond acceptors (Lipinski definition) is 1. The Kier molecular flexibility index (Phi) is 12.2. The van der Waals surface area contributed by atoms with Crippen LogP contribution in [0.1, 0.15) is 39.5 Å². The topological polar surface area (TPSA) is 12.0 Å². The summed E-state index contributed by atoms with van der Waals surface area (Å²) in [4.78, 5) is 0. The maximum atomic E-state index is 2.75. The third-order valence-corrected chi connectivity index (χ3v) is 2.62. The van der Waals surface area contributed by atoms with E-state index < -0.39 is 0 Å². The SMILES string of the molecule is CCCCCC.CNC.c1ccc2ccccc2c1. The fourth-order valence-corrected chi connectivity index (χ4v) is 1.63. The summed E-state index contributed by atoms with van der Waals surface area (Å²) < 4.78 is 0. The van der Waals surface area contributed by atoms with Gasteiger partial charge in [-0.1, -0.05) is 88.1 Å². The summed E-state index contributed by atoms with van der Waals surface area (Å²) in [7, 11) is 3.75. The van der Waals surface area contributed by atoms with Gasteiger partial charge in [-0.3, -0.25) is 0 Å². The van der Waals surface area contributed by atoms with Gasteiger partial charge in [-0.05, 0) is 24.9 Å². The highest BCUT2D eigenvalue weighted by molar-refractivity contribution is 5.81. The molecule has 0 saturated heterocycles. The lowest BCUT2D eigenvalue weighted by atomic mass is 10.1. The first-order chi connectivity index (χ1) is 9.29. The van der Waals surface area contributed by atoms with Crippen molar-refractivity contribution in [3.8, 4) is 0 Å². The number of hydrogen-bond donors (Lipinski definition) is 1. The smallest absolute Gasteiger partial charge is 0.0167 e. The number of rotatable bonds is 3. The molecule has 0 saturated carbocycles. The fraction of sp³-hybridized carbons (Fsp3) is 0.444. The van der Waals surface area contributed by atoms with Crippen LogP contribution in [0.3, 0.4) is 0 Å². The van der Waals surface area contributed by atoms with Gasteiger partial charge < -0.3 is 5.32 Å². The highest BCUT2D eigenvalue weighted by atomic mass is 14.7. The molecule has 19 heavy (non-hydrogen) atoms. The molecule has 0 bridgehead atoms. The summed E-state index contributed by atoms with van der Waals surface area (Å²) in [6.45, 7) is 4.46. The van der Waals surface area contributed by atoms with Crippen molar-refractivity contribution in [2.45, 2.75) is 39.5 Å². The minimum Gasteiger partial charge on any atom is -0.323 e. The molecule has 0 aliphatic carbocycles. The number of benzene rings is 2. The summed E-state index contributed by atoms with van der Waals surface area (Å²) >= 11 is 0. The third kappa shape index (κ3) is 9.26. The number of fused-ring (bicyclic) bond motifs is 1. The van der Waals surface area contributed by atoms with E-state index in [0.717, 1.165) is 0 Å². The maximum absolute atomic E-state index is 2.75. The lowest BCUT2D eigenvalue weighted by Gasteiger charge is -1.92. The van der Waals surface area contributed by atoms with Gasteiger partial charge >= 0.3 is 0 Å². The van der Waals surface area contributed by atoms with Crippen LogP contribution in [0.4, 0.5) is 0 Å². The summed E-state index contributed by atoms with van der Waals surface area (Å²) in [6, 6.07) is 16.7. The molecule has 0 unspecified atom stereocenters. The van der Waals surface area contributed by atoms with Crippen LogP contribution in [0.2, 0.25) is 0 Å². The van der Waals surface area contributed by atoms with Gasteiger partial charge in [0.2, 0.25) is 0 Å². The van der Waals surface area contributed by atoms with E-state index in [1.165, 1.54) is 36.5 Å². The molecular formula is C18H29N. The highest BCUT2D eigenvalue weighted by Crippen LogP contribution is 2.11. The normalized spacial score (nSPS) is 9.05. The Morgan fingerprint density at radius 3 is 1.16 bits per heavy atom. The molecule has 106 valence electrons. The van der Waals surface area contributed by atoms with E-state index in [1.807, 2.05) is 14.1 Å².